The molecule has 2 aromatic rings. The van der Waals surface area contributed by atoms with E-state index in [1.165, 1.54) is 12.1 Å². The normalized spacial score (nSPS) is 18.7. The van der Waals surface area contributed by atoms with Gasteiger partial charge in [0.05, 0.1) is 6.10 Å². The van der Waals surface area contributed by atoms with Crippen molar-refractivity contribution in [2.45, 2.75) is 25.4 Å². The Morgan fingerprint density at radius 1 is 1.33 bits per heavy atom. The third-order valence-electron chi connectivity index (χ3n) is 3.40. The number of benzene rings is 1. The number of hydrogen-bond acceptors (Lipinski definition) is 1. The summed E-state index contributed by atoms with van der Waals surface area (Å²) in [4.78, 5) is 0. The molecule has 0 fully saturated rings. The molecule has 18 heavy (non-hydrogen) atoms. The van der Waals surface area contributed by atoms with Crippen LogP contribution in [0.2, 0.25) is 5.02 Å². The van der Waals surface area contributed by atoms with Crippen molar-refractivity contribution in [3.63, 3.8) is 0 Å². The fraction of sp³-hybridized carbons (Fsp3) is 0.286. The van der Waals surface area contributed by atoms with Gasteiger partial charge in [0.15, 0.2) is 0 Å². The van der Waals surface area contributed by atoms with Crippen LogP contribution in [0.4, 0.5) is 4.39 Å². The summed E-state index contributed by atoms with van der Waals surface area (Å²) in [6.45, 7) is 0. The van der Waals surface area contributed by atoms with Gasteiger partial charge in [-0.1, -0.05) is 11.6 Å². The summed E-state index contributed by atoms with van der Waals surface area (Å²) >= 11 is 5.88. The van der Waals surface area contributed by atoms with Gasteiger partial charge in [-0.3, -0.25) is 0 Å². The molecule has 0 bridgehead atoms. The van der Waals surface area contributed by atoms with Crippen molar-refractivity contribution in [1.29, 1.82) is 0 Å². The summed E-state index contributed by atoms with van der Waals surface area (Å²) in [5.41, 5.74) is 2.70. The maximum absolute atomic E-state index is 13.4. The molecule has 0 saturated carbocycles. The number of aromatic nitrogens is 1. The van der Waals surface area contributed by atoms with Crippen LogP contribution in [-0.4, -0.2) is 9.67 Å². The molecule has 0 amide bonds. The molecule has 1 unspecified atom stereocenters. The van der Waals surface area contributed by atoms with Crippen molar-refractivity contribution in [3.05, 3.63) is 52.6 Å². The van der Waals surface area contributed by atoms with Crippen molar-refractivity contribution in [2.75, 3.05) is 0 Å². The van der Waals surface area contributed by atoms with E-state index in [1.807, 2.05) is 16.8 Å². The topological polar surface area (TPSA) is 25.2 Å². The largest absolute Gasteiger partial charge is 0.388 e. The first-order chi connectivity index (χ1) is 8.65. The van der Waals surface area contributed by atoms with Crippen molar-refractivity contribution >= 4 is 11.6 Å². The van der Waals surface area contributed by atoms with Gasteiger partial charge in [-0.15, -0.1) is 0 Å². The lowest BCUT2D eigenvalue weighted by atomic mass is 9.95. The van der Waals surface area contributed by atoms with Gasteiger partial charge < -0.3 is 9.67 Å². The Hall–Kier alpha value is -1.32. The number of nitrogens with zero attached hydrogens (tertiary/aromatic N) is 1. The molecule has 1 atom stereocenters. The summed E-state index contributed by atoms with van der Waals surface area (Å²) in [7, 11) is 0. The Morgan fingerprint density at radius 2 is 2.17 bits per heavy atom. The summed E-state index contributed by atoms with van der Waals surface area (Å²) < 4.78 is 15.3. The summed E-state index contributed by atoms with van der Waals surface area (Å²) in [5, 5.41) is 10.3. The van der Waals surface area contributed by atoms with E-state index in [9.17, 15) is 9.50 Å². The second-order valence-corrected chi connectivity index (χ2v) is 5.06. The molecular weight excluding hydrogens is 253 g/mol. The van der Waals surface area contributed by atoms with Crippen molar-refractivity contribution < 1.29 is 9.50 Å². The number of rotatable bonds is 1. The fourth-order valence-corrected chi connectivity index (χ4v) is 2.80. The zero-order chi connectivity index (χ0) is 12.7. The standard InChI is InChI=1S/C14H13ClFNO/c15-9-6-10(16)8-11(7-9)17-5-4-12-13(17)2-1-3-14(12)18/h4-8,14,18H,1-3H2. The van der Waals surface area contributed by atoms with E-state index >= 15 is 0 Å². The lowest BCUT2D eigenvalue weighted by Crippen LogP contribution is -2.11. The van der Waals surface area contributed by atoms with Crippen LogP contribution in [0.3, 0.4) is 0 Å². The highest BCUT2D eigenvalue weighted by Gasteiger charge is 2.21. The number of fused-ring (bicyclic) bond motifs is 1. The molecule has 1 aliphatic rings. The maximum atomic E-state index is 13.4. The smallest absolute Gasteiger partial charge is 0.126 e. The third kappa shape index (κ3) is 1.93. The summed E-state index contributed by atoms with van der Waals surface area (Å²) in [5.74, 6) is -0.351. The Kier molecular flexibility index (Phi) is 2.88. The molecule has 0 aliphatic heterocycles. The molecule has 0 spiro atoms. The van der Waals surface area contributed by atoms with Gasteiger partial charge >= 0.3 is 0 Å². The van der Waals surface area contributed by atoms with Gasteiger partial charge in [-0.05, 0) is 43.5 Å². The zero-order valence-corrected chi connectivity index (χ0v) is 10.5. The van der Waals surface area contributed by atoms with E-state index in [4.69, 9.17) is 11.6 Å². The third-order valence-corrected chi connectivity index (χ3v) is 3.62. The molecule has 94 valence electrons. The minimum Gasteiger partial charge on any atom is -0.388 e. The van der Waals surface area contributed by atoms with Crippen LogP contribution in [0, 0.1) is 5.82 Å². The monoisotopic (exact) mass is 265 g/mol. The van der Waals surface area contributed by atoms with Crippen LogP contribution in [0.25, 0.3) is 5.69 Å². The Morgan fingerprint density at radius 3 is 2.94 bits per heavy atom. The van der Waals surface area contributed by atoms with E-state index in [1.54, 1.807) is 6.07 Å². The molecule has 1 N–H and O–H groups in total. The molecule has 3 rings (SSSR count). The van der Waals surface area contributed by atoms with E-state index in [0.29, 0.717) is 10.7 Å². The van der Waals surface area contributed by atoms with Crippen molar-refractivity contribution in [3.8, 4) is 5.69 Å². The van der Waals surface area contributed by atoms with E-state index in [2.05, 4.69) is 0 Å². The highest BCUT2D eigenvalue weighted by molar-refractivity contribution is 6.30. The van der Waals surface area contributed by atoms with Crippen molar-refractivity contribution in [1.82, 2.24) is 4.57 Å². The molecule has 0 saturated heterocycles. The highest BCUT2D eigenvalue weighted by Crippen LogP contribution is 2.32. The lowest BCUT2D eigenvalue weighted by molar-refractivity contribution is 0.156. The van der Waals surface area contributed by atoms with Gasteiger partial charge in [0, 0.05) is 28.2 Å². The van der Waals surface area contributed by atoms with Gasteiger partial charge in [0.2, 0.25) is 0 Å². The number of aliphatic hydroxyl groups excluding tert-OH is 1. The highest BCUT2D eigenvalue weighted by atomic mass is 35.5. The molecule has 4 heteroatoms. The second kappa shape index (κ2) is 4.41. The molecule has 1 aliphatic carbocycles. The average molecular weight is 266 g/mol. The van der Waals surface area contributed by atoms with E-state index in [-0.39, 0.29) is 5.82 Å². The molecule has 1 heterocycles. The quantitative estimate of drug-likeness (QED) is 0.837. The molecule has 1 aromatic carbocycles. The summed E-state index contributed by atoms with van der Waals surface area (Å²) in [6, 6.07) is 6.37. The Bertz CT molecular complexity index is 573. The van der Waals surface area contributed by atoms with Crippen LogP contribution in [-0.2, 0) is 6.42 Å². The number of halogens is 2. The zero-order valence-electron chi connectivity index (χ0n) is 9.74. The number of aliphatic hydroxyl groups is 1. The first-order valence-electron chi connectivity index (χ1n) is 6.00. The second-order valence-electron chi connectivity index (χ2n) is 4.62. The van der Waals surface area contributed by atoms with Gasteiger partial charge in [0.25, 0.3) is 0 Å². The Labute approximate surface area is 110 Å². The van der Waals surface area contributed by atoms with E-state index in [0.717, 1.165) is 30.5 Å². The number of hydrogen-bond donors (Lipinski definition) is 1. The Balaban J connectivity index is 2.12. The van der Waals surface area contributed by atoms with E-state index < -0.39 is 6.10 Å². The summed E-state index contributed by atoms with van der Waals surface area (Å²) in [6.07, 6.45) is 4.10. The maximum Gasteiger partial charge on any atom is 0.126 e. The predicted octanol–water partition coefficient (Wildman–Crippen LogP) is 3.64. The van der Waals surface area contributed by atoms with Crippen LogP contribution in [0.5, 0.6) is 0 Å². The van der Waals surface area contributed by atoms with Crippen molar-refractivity contribution in [2.24, 2.45) is 0 Å². The van der Waals surface area contributed by atoms with Gasteiger partial charge in [-0.2, -0.15) is 0 Å². The molecule has 0 radical (unpaired) electrons. The molecule has 2 nitrogen and oxygen atoms in total. The minimum absolute atomic E-state index is 0.351. The SMILES string of the molecule is OC1CCCc2c1ccn2-c1cc(F)cc(Cl)c1. The molecular formula is C14H13ClFNO. The van der Waals surface area contributed by atoms with Crippen LogP contribution in [0.1, 0.15) is 30.2 Å². The van der Waals surface area contributed by atoms with Gasteiger partial charge in [0.1, 0.15) is 5.82 Å². The molecule has 1 aromatic heterocycles. The van der Waals surface area contributed by atoms with Crippen LogP contribution < -0.4 is 0 Å². The van der Waals surface area contributed by atoms with Gasteiger partial charge in [-0.25, -0.2) is 4.39 Å². The lowest BCUT2D eigenvalue weighted by Gasteiger charge is -2.20. The first-order valence-corrected chi connectivity index (χ1v) is 6.37. The predicted molar refractivity (Wildman–Crippen MR) is 68.6 cm³/mol. The average Bonchev–Trinajstić information content (AvgIpc) is 2.73. The first kappa shape index (κ1) is 11.8. The van der Waals surface area contributed by atoms with Crippen LogP contribution >= 0.6 is 11.6 Å². The fourth-order valence-electron chi connectivity index (χ4n) is 2.59. The van der Waals surface area contributed by atoms with Crippen LogP contribution in [0.15, 0.2) is 30.5 Å². The minimum atomic E-state index is -0.404.